The number of halogens is 1. The highest BCUT2D eigenvalue weighted by Gasteiger charge is 2.24. The summed E-state index contributed by atoms with van der Waals surface area (Å²) in [6, 6.07) is 21.6. The Bertz CT molecular complexity index is 1120. The van der Waals surface area contributed by atoms with Crippen LogP contribution in [0.25, 0.3) is 11.1 Å². The molecule has 6 heteroatoms. The average molecular weight is 494 g/mol. The average Bonchev–Trinajstić information content (AvgIpc) is 2.74. The number of pyridine rings is 1. The maximum atomic E-state index is 12.8. The monoisotopic (exact) mass is 493 g/mol. The van der Waals surface area contributed by atoms with Crippen LogP contribution >= 0.6 is 27.7 Å². The van der Waals surface area contributed by atoms with Crippen molar-refractivity contribution in [3.63, 3.8) is 0 Å². The minimum Gasteiger partial charge on any atom is -0.325 e. The van der Waals surface area contributed by atoms with Crippen molar-refractivity contribution < 1.29 is 4.79 Å². The van der Waals surface area contributed by atoms with Crippen molar-refractivity contribution in [2.75, 3.05) is 5.32 Å². The molecule has 3 rings (SSSR count). The summed E-state index contributed by atoms with van der Waals surface area (Å²) in [6.07, 6.45) is 0. The SMILES string of the molecule is C[C@H](Sc1nc(C(C)(C)C)cc(-c2ccccc2)c1C#N)C(=O)Nc1ccc(Br)cc1. The van der Waals surface area contributed by atoms with Crippen molar-refractivity contribution in [2.24, 2.45) is 0 Å². The van der Waals surface area contributed by atoms with Crippen LogP contribution in [0, 0.1) is 11.3 Å². The molecule has 2 aromatic carbocycles. The number of rotatable bonds is 5. The highest BCUT2D eigenvalue weighted by Crippen LogP contribution is 2.36. The summed E-state index contributed by atoms with van der Waals surface area (Å²) in [5.74, 6) is -0.138. The van der Waals surface area contributed by atoms with Crippen molar-refractivity contribution in [2.45, 2.75) is 43.4 Å². The molecule has 0 saturated heterocycles. The maximum absolute atomic E-state index is 12.8. The number of hydrogen-bond acceptors (Lipinski definition) is 4. The minimum atomic E-state index is -0.429. The van der Waals surface area contributed by atoms with Crippen molar-refractivity contribution in [1.82, 2.24) is 4.98 Å². The highest BCUT2D eigenvalue weighted by molar-refractivity contribution is 9.10. The van der Waals surface area contributed by atoms with E-state index < -0.39 is 5.25 Å². The molecule has 0 aliphatic rings. The molecule has 0 aliphatic carbocycles. The lowest BCUT2D eigenvalue weighted by molar-refractivity contribution is -0.115. The van der Waals surface area contributed by atoms with Crippen LogP contribution in [0.3, 0.4) is 0 Å². The molecule has 0 spiro atoms. The fourth-order valence-corrected chi connectivity index (χ4v) is 4.13. The number of nitriles is 1. The Balaban J connectivity index is 1.96. The number of nitrogens with one attached hydrogen (secondary N) is 1. The van der Waals surface area contributed by atoms with Crippen LogP contribution < -0.4 is 5.32 Å². The fraction of sp³-hybridized carbons (Fsp3) is 0.240. The van der Waals surface area contributed by atoms with Crippen molar-refractivity contribution in [1.29, 1.82) is 5.26 Å². The third-order valence-corrected chi connectivity index (χ3v) is 6.34. The zero-order chi connectivity index (χ0) is 22.6. The zero-order valence-corrected chi connectivity index (χ0v) is 20.3. The van der Waals surface area contributed by atoms with Crippen molar-refractivity contribution >= 4 is 39.3 Å². The normalized spacial score (nSPS) is 12.1. The molecular weight excluding hydrogens is 470 g/mol. The predicted octanol–water partition coefficient (Wildman–Crippen LogP) is 6.80. The molecule has 1 heterocycles. The molecule has 1 amide bonds. The van der Waals surface area contributed by atoms with Gasteiger partial charge in [-0.1, -0.05) is 78.8 Å². The molecule has 1 N–H and O–H groups in total. The second-order valence-electron chi connectivity index (χ2n) is 8.22. The first-order valence-electron chi connectivity index (χ1n) is 9.93. The first kappa shape index (κ1) is 23.1. The Labute approximate surface area is 196 Å². The van der Waals surface area contributed by atoms with E-state index in [0.717, 1.165) is 27.0 Å². The summed E-state index contributed by atoms with van der Waals surface area (Å²) in [5.41, 5.74) is 3.70. The van der Waals surface area contributed by atoms with E-state index in [2.05, 4.69) is 48.1 Å². The molecule has 0 unspecified atom stereocenters. The quantitative estimate of drug-likeness (QED) is 0.396. The van der Waals surface area contributed by atoms with Gasteiger partial charge in [-0.15, -0.1) is 0 Å². The summed E-state index contributed by atoms with van der Waals surface area (Å²) in [5, 5.41) is 13.0. The van der Waals surface area contributed by atoms with Crippen LogP contribution in [0.1, 0.15) is 39.0 Å². The van der Waals surface area contributed by atoms with Crippen LogP contribution in [0.15, 0.2) is 70.2 Å². The Kier molecular flexibility index (Phi) is 7.19. The molecule has 0 aliphatic heterocycles. The van der Waals surface area contributed by atoms with Gasteiger partial charge in [-0.05, 0) is 42.8 Å². The number of aromatic nitrogens is 1. The summed E-state index contributed by atoms with van der Waals surface area (Å²) in [7, 11) is 0. The van der Waals surface area contributed by atoms with Gasteiger partial charge in [0.1, 0.15) is 11.1 Å². The van der Waals surface area contributed by atoms with Gasteiger partial charge in [0.15, 0.2) is 0 Å². The van der Waals surface area contributed by atoms with Gasteiger partial charge < -0.3 is 5.32 Å². The Hall–Kier alpha value is -2.62. The second-order valence-corrected chi connectivity index (χ2v) is 10.5. The zero-order valence-electron chi connectivity index (χ0n) is 17.9. The lowest BCUT2D eigenvalue weighted by atomic mass is 9.89. The molecule has 0 fully saturated rings. The van der Waals surface area contributed by atoms with Gasteiger partial charge in [0, 0.05) is 26.8 Å². The van der Waals surface area contributed by atoms with Crippen LogP contribution in [0.5, 0.6) is 0 Å². The van der Waals surface area contributed by atoms with Gasteiger partial charge >= 0.3 is 0 Å². The third kappa shape index (κ3) is 5.75. The second kappa shape index (κ2) is 9.67. The maximum Gasteiger partial charge on any atom is 0.237 e. The number of anilines is 1. The standard InChI is InChI=1S/C25H24BrN3OS/c1-16(23(30)28-19-12-10-18(26)11-13-19)31-24-21(15-27)20(17-8-6-5-7-9-17)14-22(29-24)25(2,3)4/h5-14,16H,1-4H3,(H,28,30)/t16-/m0/s1. The van der Waals surface area contributed by atoms with Gasteiger partial charge in [0.25, 0.3) is 0 Å². The summed E-state index contributed by atoms with van der Waals surface area (Å²) in [6.45, 7) is 8.10. The minimum absolute atomic E-state index is 0.138. The lowest BCUT2D eigenvalue weighted by Crippen LogP contribution is -2.23. The van der Waals surface area contributed by atoms with Gasteiger partial charge in [-0.3, -0.25) is 4.79 Å². The van der Waals surface area contributed by atoms with E-state index >= 15 is 0 Å². The van der Waals surface area contributed by atoms with Crippen molar-refractivity contribution in [3.05, 3.63) is 76.4 Å². The molecule has 1 aromatic heterocycles. The van der Waals surface area contributed by atoms with E-state index in [-0.39, 0.29) is 11.3 Å². The number of amides is 1. The van der Waals surface area contributed by atoms with E-state index in [1.165, 1.54) is 11.8 Å². The summed E-state index contributed by atoms with van der Waals surface area (Å²) < 4.78 is 0.947. The first-order chi connectivity index (χ1) is 14.7. The largest absolute Gasteiger partial charge is 0.325 e. The summed E-state index contributed by atoms with van der Waals surface area (Å²) >= 11 is 4.70. The first-order valence-corrected chi connectivity index (χ1v) is 11.6. The van der Waals surface area contributed by atoms with Gasteiger partial charge in [0.2, 0.25) is 5.91 Å². The van der Waals surface area contributed by atoms with Crippen LogP contribution in [0.2, 0.25) is 0 Å². The van der Waals surface area contributed by atoms with E-state index in [0.29, 0.717) is 10.6 Å². The highest BCUT2D eigenvalue weighted by atomic mass is 79.9. The Morgan fingerprint density at radius 1 is 1.13 bits per heavy atom. The van der Waals surface area contributed by atoms with Gasteiger partial charge in [-0.25, -0.2) is 4.98 Å². The molecule has 3 aromatic rings. The number of nitrogens with zero attached hydrogens (tertiary/aromatic N) is 2. The predicted molar refractivity (Wildman–Crippen MR) is 131 cm³/mol. The molecule has 31 heavy (non-hydrogen) atoms. The Morgan fingerprint density at radius 3 is 2.35 bits per heavy atom. The van der Waals surface area contributed by atoms with E-state index in [1.807, 2.05) is 67.6 Å². The Morgan fingerprint density at radius 2 is 1.77 bits per heavy atom. The topological polar surface area (TPSA) is 65.8 Å². The van der Waals surface area contributed by atoms with Crippen LogP contribution in [-0.2, 0) is 10.2 Å². The third-order valence-electron chi connectivity index (χ3n) is 4.72. The molecule has 4 nitrogen and oxygen atoms in total. The number of thioether (sulfide) groups is 1. The number of hydrogen-bond donors (Lipinski definition) is 1. The molecule has 158 valence electrons. The molecule has 1 atom stereocenters. The van der Waals surface area contributed by atoms with E-state index in [1.54, 1.807) is 0 Å². The smallest absolute Gasteiger partial charge is 0.237 e. The number of carbonyl (C=O) groups excluding carboxylic acids is 1. The van der Waals surface area contributed by atoms with Gasteiger partial charge in [-0.2, -0.15) is 5.26 Å². The summed E-state index contributed by atoms with van der Waals surface area (Å²) in [4.78, 5) is 17.6. The van der Waals surface area contributed by atoms with Crippen LogP contribution in [0.4, 0.5) is 5.69 Å². The van der Waals surface area contributed by atoms with E-state index in [4.69, 9.17) is 4.98 Å². The lowest BCUT2D eigenvalue weighted by Gasteiger charge is -2.22. The fourth-order valence-electron chi connectivity index (χ4n) is 2.94. The molecule has 0 bridgehead atoms. The molecule has 0 saturated carbocycles. The molecular formula is C25H24BrN3OS. The van der Waals surface area contributed by atoms with Crippen LogP contribution in [-0.4, -0.2) is 16.1 Å². The molecule has 0 radical (unpaired) electrons. The van der Waals surface area contributed by atoms with E-state index in [9.17, 15) is 10.1 Å². The van der Waals surface area contributed by atoms with Crippen molar-refractivity contribution in [3.8, 4) is 17.2 Å². The number of benzene rings is 2. The number of carbonyl (C=O) groups is 1. The van der Waals surface area contributed by atoms with Gasteiger partial charge in [0.05, 0.1) is 10.8 Å².